The summed E-state index contributed by atoms with van der Waals surface area (Å²) in [4.78, 5) is 25.7. The van der Waals surface area contributed by atoms with Crippen molar-refractivity contribution >= 4 is 33.5 Å². The van der Waals surface area contributed by atoms with Gasteiger partial charge in [0.1, 0.15) is 6.04 Å². The molecule has 1 heterocycles. The van der Waals surface area contributed by atoms with E-state index in [2.05, 4.69) is 15.9 Å². The van der Waals surface area contributed by atoms with Crippen LogP contribution < -0.4 is 5.73 Å². The van der Waals surface area contributed by atoms with Crippen molar-refractivity contribution in [2.75, 3.05) is 12.3 Å². The van der Waals surface area contributed by atoms with E-state index < -0.39 is 12.0 Å². The molecule has 0 radical (unpaired) electrons. The fourth-order valence-electron chi connectivity index (χ4n) is 3.67. The molecule has 2 aliphatic rings. The maximum atomic E-state index is 12.6. The highest BCUT2D eigenvalue weighted by Crippen LogP contribution is 2.42. The predicted octanol–water partition coefficient (Wildman–Crippen LogP) is 2.36. The third kappa shape index (κ3) is 2.41. The summed E-state index contributed by atoms with van der Waals surface area (Å²) in [5.41, 5.74) is 6.73. The van der Waals surface area contributed by atoms with E-state index in [-0.39, 0.29) is 11.8 Å². The quantitative estimate of drug-likeness (QED) is 0.800. The van der Waals surface area contributed by atoms with Gasteiger partial charge in [0.25, 0.3) is 5.91 Å². The molecule has 3 rings (SSSR count). The van der Waals surface area contributed by atoms with Crippen LogP contribution in [0, 0.1) is 11.8 Å². The van der Waals surface area contributed by atoms with E-state index >= 15 is 0 Å². The van der Waals surface area contributed by atoms with Gasteiger partial charge in [0, 0.05) is 22.3 Å². The summed E-state index contributed by atoms with van der Waals surface area (Å²) >= 11 is 3.29. The van der Waals surface area contributed by atoms with Crippen molar-refractivity contribution in [1.82, 2.24) is 4.90 Å². The van der Waals surface area contributed by atoms with E-state index in [9.17, 15) is 14.7 Å². The van der Waals surface area contributed by atoms with Gasteiger partial charge in [0.2, 0.25) is 0 Å². The van der Waals surface area contributed by atoms with E-state index in [0.29, 0.717) is 23.7 Å². The molecule has 1 aromatic carbocycles. The van der Waals surface area contributed by atoms with Crippen LogP contribution in [-0.4, -0.2) is 34.5 Å². The van der Waals surface area contributed by atoms with Gasteiger partial charge in [-0.2, -0.15) is 0 Å². The molecule has 0 spiro atoms. The van der Waals surface area contributed by atoms with Crippen molar-refractivity contribution in [2.45, 2.75) is 25.3 Å². The van der Waals surface area contributed by atoms with Crippen LogP contribution in [0.25, 0.3) is 0 Å². The Hall–Kier alpha value is -1.56. The third-order valence-corrected chi connectivity index (χ3v) is 5.37. The van der Waals surface area contributed by atoms with Gasteiger partial charge in [-0.1, -0.05) is 6.42 Å². The van der Waals surface area contributed by atoms with Crippen LogP contribution in [0.1, 0.15) is 29.6 Å². The summed E-state index contributed by atoms with van der Waals surface area (Å²) in [6, 6.07) is 4.29. The van der Waals surface area contributed by atoms with Crippen LogP contribution in [0.2, 0.25) is 0 Å². The molecule has 6 heteroatoms. The molecule has 1 aliphatic carbocycles. The molecule has 3 N–H and O–H groups in total. The van der Waals surface area contributed by atoms with Crippen molar-refractivity contribution in [3.63, 3.8) is 0 Å². The number of amides is 1. The summed E-state index contributed by atoms with van der Waals surface area (Å²) in [6.07, 6.45) is 2.97. The van der Waals surface area contributed by atoms with Crippen molar-refractivity contribution in [3.8, 4) is 0 Å². The normalized spacial score (nSPS) is 27.7. The number of anilines is 1. The number of benzene rings is 1. The molecule has 3 unspecified atom stereocenters. The van der Waals surface area contributed by atoms with Gasteiger partial charge in [0.15, 0.2) is 0 Å². The zero-order chi connectivity index (χ0) is 15.1. The number of aliphatic carboxylic acids is 1. The number of carboxylic acid groups (broad SMARTS) is 1. The van der Waals surface area contributed by atoms with Crippen LogP contribution in [0.5, 0.6) is 0 Å². The van der Waals surface area contributed by atoms with Gasteiger partial charge in [-0.25, -0.2) is 4.79 Å². The van der Waals surface area contributed by atoms with Gasteiger partial charge in [-0.15, -0.1) is 0 Å². The van der Waals surface area contributed by atoms with Gasteiger partial charge < -0.3 is 15.7 Å². The number of carbonyl (C=O) groups is 2. The van der Waals surface area contributed by atoms with Gasteiger partial charge >= 0.3 is 5.97 Å². The average molecular weight is 353 g/mol. The smallest absolute Gasteiger partial charge is 0.326 e. The minimum atomic E-state index is -0.900. The van der Waals surface area contributed by atoms with Crippen molar-refractivity contribution < 1.29 is 14.7 Å². The van der Waals surface area contributed by atoms with Crippen LogP contribution in [0.15, 0.2) is 22.7 Å². The van der Waals surface area contributed by atoms with Crippen LogP contribution in [0.3, 0.4) is 0 Å². The molecule has 1 aliphatic heterocycles. The lowest BCUT2D eigenvalue weighted by atomic mass is 9.94. The number of nitrogen functional groups attached to an aromatic ring is 1. The maximum absolute atomic E-state index is 12.6. The summed E-state index contributed by atoms with van der Waals surface area (Å²) in [7, 11) is 0. The summed E-state index contributed by atoms with van der Waals surface area (Å²) in [5.74, 6) is -0.721. The summed E-state index contributed by atoms with van der Waals surface area (Å²) in [6.45, 7) is 0.538. The minimum absolute atomic E-state index is 0.0965. The average Bonchev–Trinajstić information content (AvgIpc) is 3.00. The third-order valence-electron chi connectivity index (χ3n) is 4.65. The highest BCUT2D eigenvalue weighted by Gasteiger charge is 2.49. The highest BCUT2D eigenvalue weighted by atomic mass is 79.9. The van der Waals surface area contributed by atoms with Crippen molar-refractivity contribution in [2.24, 2.45) is 11.8 Å². The lowest BCUT2D eigenvalue weighted by molar-refractivity contribution is -0.142. The molecule has 1 saturated heterocycles. The zero-order valence-corrected chi connectivity index (χ0v) is 13.0. The Kier molecular flexibility index (Phi) is 3.65. The molecule has 3 atom stereocenters. The number of nitrogens with zero attached hydrogens (tertiary/aromatic N) is 1. The molecule has 0 bridgehead atoms. The molecular weight excluding hydrogens is 336 g/mol. The number of carbonyl (C=O) groups excluding carboxylic acids is 1. The largest absolute Gasteiger partial charge is 0.480 e. The summed E-state index contributed by atoms with van der Waals surface area (Å²) < 4.78 is 0.729. The molecule has 1 aromatic rings. The second kappa shape index (κ2) is 5.33. The number of hydrogen-bond acceptors (Lipinski definition) is 3. The van der Waals surface area contributed by atoms with Crippen LogP contribution >= 0.6 is 15.9 Å². The Morgan fingerprint density at radius 1 is 1.33 bits per heavy atom. The number of fused-ring (bicyclic) bond motifs is 1. The molecule has 1 saturated carbocycles. The minimum Gasteiger partial charge on any atom is -0.480 e. The maximum Gasteiger partial charge on any atom is 0.326 e. The van der Waals surface area contributed by atoms with Crippen LogP contribution in [0.4, 0.5) is 5.69 Å². The monoisotopic (exact) mass is 352 g/mol. The number of carboxylic acids is 1. The first-order chi connectivity index (χ1) is 9.99. The topological polar surface area (TPSA) is 83.6 Å². The van der Waals surface area contributed by atoms with E-state index in [1.54, 1.807) is 18.2 Å². The Morgan fingerprint density at radius 2 is 2.10 bits per heavy atom. The molecule has 21 heavy (non-hydrogen) atoms. The Morgan fingerprint density at radius 3 is 2.76 bits per heavy atom. The number of likely N-dealkylation sites (tertiary alicyclic amines) is 1. The van der Waals surface area contributed by atoms with E-state index in [4.69, 9.17) is 5.73 Å². The lowest BCUT2D eigenvalue weighted by Crippen LogP contribution is -2.43. The first-order valence-corrected chi connectivity index (χ1v) is 7.87. The lowest BCUT2D eigenvalue weighted by Gasteiger charge is -2.24. The van der Waals surface area contributed by atoms with E-state index in [0.717, 1.165) is 23.7 Å². The first-order valence-electron chi connectivity index (χ1n) is 7.08. The van der Waals surface area contributed by atoms with Crippen LogP contribution in [-0.2, 0) is 4.79 Å². The second-order valence-corrected chi connectivity index (χ2v) is 6.69. The van der Waals surface area contributed by atoms with Gasteiger partial charge in [-0.3, -0.25) is 4.79 Å². The SMILES string of the molecule is Nc1cc(C(=O)N2CC3CCCC3C2C(=O)O)ccc1Br. The Labute approximate surface area is 131 Å². The molecule has 5 nitrogen and oxygen atoms in total. The van der Waals surface area contributed by atoms with E-state index in [1.165, 1.54) is 4.90 Å². The summed E-state index contributed by atoms with van der Waals surface area (Å²) in [5, 5.41) is 9.50. The van der Waals surface area contributed by atoms with E-state index in [1.807, 2.05) is 0 Å². The molecule has 0 aromatic heterocycles. The first kappa shape index (κ1) is 14.4. The molecular formula is C15H17BrN2O3. The fourth-order valence-corrected chi connectivity index (χ4v) is 3.92. The Balaban J connectivity index is 1.89. The van der Waals surface area contributed by atoms with Gasteiger partial charge in [0.05, 0.1) is 0 Å². The number of hydrogen-bond donors (Lipinski definition) is 2. The van der Waals surface area contributed by atoms with Crippen molar-refractivity contribution in [1.29, 1.82) is 0 Å². The standard InChI is InChI=1S/C15H17BrN2O3/c16-11-5-4-8(6-12(11)17)14(19)18-7-9-2-1-3-10(9)13(18)15(20)21/h4-6,9-10,13H,1-3,7,17H2,(H,20,21). The zero-order valence-electron chi connectivity index (χ0n) is 11.5. The number of halogens is 1. The highest BCUT2D eigenvalue weighted by molar-refractivity contribution is 9.10. The number of rotatable bonds is 2. The molecule has 112 valence electrons. The Bertz CT molecular complexity index is 605. The molecule has 1 amide bonds. The second-order valence-electron chi connectivity index (χ2n) is 5.83. The predicted molar refractivity (Wildman–Crippen MR) is 81.8 cm³/mol. The number of nitrogens with two attached hydrogens (primary N) is 1. The molecule has 2 fully saturated rings. The fraction of sp³-hybridized carbons (Fsp3) is 0.467. The van der Waals surface area contributed by atoms with Crippen molar-refractivity contribution in [3.05, 3.63) is 28.2 Å². The van der Waals surface area contributed by atoms with Gasteiger partial charge in [-0.05, 0) is 58.8 Å².